The Morgan fingerprint density at radius 2 is 1.79 bits per heavy atom. The first-order valence-electron chi connectivity index (χ1n) is 6.68. The predicted molar refractivity (Wildman–Crippen MR) is 72.1 cm³/mol. The van der Waals surface area contributed by atoms with Gasteiger partial charge in [0.25, 0.3) is 0 Å². The van der Waals surface area contributed by atoms with Crippen molar-refractivity contribution in [3.05, 3.63) is 0 Å². The van der Waals surface area contributed by atoms with E-state index in [2.05, 4.69) is 21.2 Å². The highest BCUT2D eigenvalue weighted by Gasteiger charge is 2.42. The van der Waals surface area contributed by atoms with Crippen molar-refractivity contribution in [3.8, 4) is 0 Å². The van der Waals surface area contributed by atoms with Crippen LogP contribution in [0.1, 0.15) is 39.5 Å². The number of halogens is 4. The van der Waals surface area contributed by atoms with Crippen molar-refractivity contribution in [1.82, 2.24) is 5.32 Å². The Bertz CT molecular complexity index is 299. The van der Waals surface area contributed by atoms with Crippen LogP contribution in [0, 0.1) is 17.8 Å². The number of hydrogen-bond acceptors (Lipinski definition) is 1. The van der Waals surface area contributed by atoms with Gasteiger partial charge in [-0.15, -0.1) is 0 Å². The molecule has 112 valence electrons. The van der Waals surface area contributed by atoms with Gasteiger partial charge in [-0.05, 0) is 31.6 Å². The molecule has 0 aromatic carbocycles. The number of hydrogen-bond donors (Lipinski definition) is 1. The summed E-state index contributed by atoms with van der Waals surface area (Å²) >= 11 is 3.34. The lowest BCUT2D eigenvalue weighted by Crippen LogP contribution is -2.44. The van der Waals surface area contributed by atoms with Crippen molar-refractivity contribution in [3.63, 3.8) is 0 Å². The molecular formula is C13H21BrF3NO. The second-order valence-electron chi connectivity index (χ2n) is 5.60. The number of alkyl halides is 4. The SMILES string of the molecule is CC(C)C(CBr)NC(=O)C1CCC(C(F)(F)F)CC1. The van der Waals surface area contributed by atoms with Gasteiger partial charge in [-0.3, -0.25) is 4.79 Å². The summed E-state index contributed by atoms with van der Waals surface area (Å²) in [5.41, 5.74) is 0. The molecular weight excluding hydrogens is 323 g/mol. The Kier molecular flexibility index (Phi) is 6.15. The molecule has 1 amide bonds. The molecule has 0 aliphatic heterocycles. The summed E-state index contributed by atoms with van der Waals surface area (Å²) < 4.78 is 37.6. The van der Waals surface area contributed by atoms with E-state index in [1.165, 1.54) is 0 Å². The molecule has 1 saturated carbocycles. The molecule has 1 atom stereocenters. The Labute approximate surface area is 120 Å². The molecule has 1 fully saturated rings. The lowest BCUT2D eigenvalue weighted by atomic mass is 9.81. The summed E-state index contributed by atoms with van der Waals surface area (Å²) in [7, 11) is 0. The van der Waals surface area contributed by atoms with E-state index in [1.807, 2.05) is 13.8 Å². The molecule has 0 heterocycles. The molecule has 0 aromatic heterocycles. The zero-order chi connectivity index (χ0) is 14.6. The molecule has 0 spiro atoms. The topological polar surface area (TPSA) is 29.1 Å². The van der Waals surface area contributed by atoms with E-state index in [9.17, 15) is 18.0 Å². The average Bonchev–Trinajstić information content (AvgIpc) is 2.34. The highest BCUT2D eigenvalue weighted by atomic mass is 79.9. The fourth-order valence-electron chi connectivity index (χ4n) is 2.37. The monoisotopic (exact) mass is 343 g/mol. The van der Waals surface area contributed by atoms with Crippen molar-refractivity contribution < 1.29 is 18.0 Å². The van der Waals surface area contributed by atoms with Gasteiger partial charge in [-0.2, -0.15) is 13.2 Å². The summed E-state index contributed by atoms with van der Waals surface area (Å²) in [5.74, 6) is -1.29. The van der Waals surface area contributed by atoms with Crippen LogP contribution in [0.3, 0.4) is 0 Å². The molecule has 2 nitrogen and oxygen atoms in total. The van der Waals surface area contributed by atoms with Gasteiger partial charge in [-0.1, -0.05) is 29.8 Å². The van der Waals surface area contributed by atoms with E-state index in [-0.39, 0.29) is 30.7 Å². The fraction of sp³-hybridized carbons (Fsp3) is 0.923. The van der Waals surface area contributed by atoms with Crippen molar-refractivity contribution in [2.24, 2.45) is 17.8 Å². The van der Waals surface area contributed by atoms with Crippen LogP contribution in [0.25, 0.3) is 0 Å². The van der Waals surface area contributed by atoms with Crippen LogP contribution < -0.4 is 5.32 Å². The van der Waals surface area contributed by atoms with E-state index in [0.29, 0.717) is 24.1 Å². The number of nitrogens with one attached hydrogen (secondary N) is 1. The molecule has 0 saturated heterocycles. The maximum atomic E-state index is 12.5. The van der Waals surface area contributed by atoms with Crippen molar-refractivity contribution in [2.45, 2.75) is 51.7 Å². The van der Waals surface area contributed by atoms with E-state index in [4.69, 9.17) is 0 Å². The Morgan fingerprint density at radius 1 is 1.26 bits per heavy atom. The number of amides is 1. The van der Waals surface area contributed by atoms with E-state index >= 15 is 0 Å². The average molecular weight is 344 g/mol. The van der Waals surface area contributed by atoms with Crippen LogP contribution in [-0.4, -0.2) is 23.5 Å². The van der Waals surface area contributed by atoms with E-state index < -0.39 is 12.1 Å². The number of carbonyl (C=O) groups is 1. The van der Waals surface area contributed by atoms with E-state index in [0.717, 1.165) is 0 Å². The van der Waals surface area contributed by atoms with Crippen molar-refractivity contribution in [2.75, 3.05) is 5.33 Å². The summed E-state index contributed by atoms with van der Waals surface area (Å²) in [6.45, 7) is 4.01. The first kappa shape index (κ1) is 16.8. The quantitative estimate of drug-likeness (QED) is 0.771. The first-order valence-corrected chi connectivity index (χ1v) is 7.81. The van der Waals surface area contributed by atoms with Crippen LogP contribution in [0.5, 0.6) is 0 Å². The van der Waals surface area contributed by atoms with Crippen LogP contribution in [0.15, 0.2) is 0 Å². The maximum Gasteiger partial charge on any atom is 0.391 e. The summed E-state index contributed by atoms with van der Waals surface area (Å²) in [5, 5.41) is 3.58. The molecule has 1 rings (SSSR count). The third kappa shape index (κ3) is 4.97. The van der Waals surface area contributed by atoms with Crippen molar-refractivity contribution in [1.29, 1.82) is 0 Å². The second-order valence-corrected chi connectivity index (χ2v) is 6.25. The van der Waals surface area contributed by atoms with Gasteiger partial charge < -0.3 is 5.32 Å². The summed E-state index contributed by atoms with van der Waals surface area (Å²) in [4.78, 5) is 12.0. The first-order chi connectivity index (χ1) is 8.75. The van der Waals surface area contributed by atoms with Gasteiger partial charge in [0.1, 0.15) is 0 Å². The number of rotatable bonds is 4. The Balaban J connectivity index is 2.45. The van der Waals surface area contributed by atoms with Gasteiger partial charge in [0.05, 0.1) is 5.92 Å². The third-order valence-electron chi connectivity index (χ3n) is 3.86. The zero-order valence-electron chi connectivity index (χ0n) is 11.3. The fourth-order valence-corrected chi connectivity index (χ4v) is 3.28. The highest BCUT2D eigenvalue weighted by molar-refractivity contribution is 9.09. The standard InChI is InChI=1S/C13H21BrF3NO/c1-8(2)11(7-14)18-12(19)9-3-5-10(6-4-9)13(15,16)17/h8-11H,3-7H2,1-2H3,(H,18,19). The van der Waals surface area contributed by atoms with Crippen LogP contribution in [-0.2, 0) is 4.79 Å². The van der Waals surface area contributed by atoms with E-state index in [1.54, 1.807) is 0 Å². The van der Waals surface area contributed by atoms with Crippen LogP contribution >= 0.6 is 15.9 Å². The Hall–Kier alpha value is -0.260. The molecule has 1 aliphatic rings. The molecule has 1 aliphatic carbocycles. The molecule has 6 heteroatoms. The third-order valence-corrected chi connectivity index (χ3v) is 4.56. The maximum absolute atomic E-state index is 12.5. The molecule has 19 heavy (non-hydrogen) atoms. The van der Waals surface area contributed by atoms with Gasteiger partial charge in [0.2, 0.25) is 5.91 Å². The molecule has 1 N–H and O–H groups in total. The highest BCUT2D eigenvalue weighted by Crippen LogP contribution is 2.39. The lowest BCUT2D eigenvalue weighted by molar-refractivity contribution is -0.184. The molecule has 0 aromatic rings. The lowest BCUT2D eigenvalue weighted by Gasteiger charge is -2.30. The van der Waals surface area contributed by atoms with Gasteiger partial charge in [-0.25, -0.2) is 0 Å². The Morgan fingerprint density at radius 3 is 2.16 bits per heavy atom. The molecule has 0 radical (unpaired) electrons. The predicted octanol–water partition coefficient (Wildman–Crippen LogP) is 3.89. The van der Waals surface area contributed by atoms with Crippen LogP contribution in [0.4, 0.5) is 13.2 Å². The minimum absolute atomic E-state index is 0.0350. The normalized spacial score (nSPS) is 26.3. The van der Waals surface area contributed by atoms with Crippen molar-refractivity contribution >= 4 is 21.8 Å². The van der Waals surface area contributed by atoms with Gasteiger partial charge in [0, 0.05) is 17.3 Å². The van der Waals surface area contributed by atoms with Crippen LogP contribution in [0.2, 0.25) is 0 Å². The molecule has 1 unspecified atom stereocenters. The smallest absolute Gasteiger partial charge is 0.352 e. The van der Waals surface area contributed by atoms with Gasteiger partial charge >= 0.3 is 6.18 Å². The minimum Gasteiger partial charge on any atom is -0.352 e. The number of carbonyl (C=O) groups excluding carboxylic acids is 1. The second kappa shape index (κ2) is 6.95. The zero-order valence-corrected chi connectivity index (χ0v) is 12.9. The summed E-state index contributed by atoms with van der Waals surface area (Å²) in [6, 6.07) is 0.0350. The molecule has 0 bridgehead atoms. The minimum atomic E-state index is -4.11. The largest absolute Gasteiger partial charge is 0.391 e. The van der Waals surface area contributed by atoms with Gasteiger partial charge in [0.15, 0.2) is 0 Å². The summed E-state index contributed by atoms with van der Waals surface area (Å²) in [6.07, 6.45) is -3.30.